The van der Waals surface area contributed by atoms with Gasteiger partial charge in [-0.25, -0.2) is 14.8 Å². The fourth-order valence-corrected chi connectivity index (χ4v) is 5.46. The maximum atomic E-state index is 11.7. The molecule has 6 aromatic rings. The smallest absolute Gasteiger partial charge is 0.336 e. The first kappa shape index (κ1) is 26.9. The second-order valence-corrected chi connectivity index (χ2v) is 10.1. The summed E-state index contributed by atoms with van der Waals surface area (Å²) in [4.78, 5) is 21.7. The summed E-state index contributed by atoms with van der Waals surface area (Å²) in [5.41, 5.74) is 9.46. The molecule has 6 nitrogen and oxygen atoms in total. The van der Waals surface area contributed by atoms with E-state index in [2.05, 4.69) is 60.4 Å². The van der Waals surface area contributed by atoms with Gasteiger partial charge in [0.25, 0.3) is 0 Å². The predicted molar refractivity (Wildman–Crippen MR) is 163 cm³/mol. The van der Waals surface area contributed by atoms with Gasteiger partial charge in [-0.3, -0.25) is 0 Å². The summed E-state index contributed by atoms with van der Waals surface area (Å²) in [7, 11) is 2.06. The molecule has 0 fully saturated rings. The van der Waals surface area contributed by atoms with E-state index in [1.807, 2.05) is 42.5 Å². The summed E-state index contributed by atoms with van der Waals surface area (Å²) in [6.45, 7) is 4.98. The average Bonchev–Trinajstić information content (AvgIpc) is 3.47. The number of para-hydroxylation sites is 2. The van der Waals surface area contributed by atoms with Crippen LogP contribution in [-0.4, -0.2) is 30.2 Å². The van der Waals surface area contributed by atoms with Crippen LogP contribution in [0.1, 0.15) is 48.1 Å². The Balaban J connectivity index is 0.00000323. The van der Waals surface area contributed by atoms with E-state index in [9.17, 15) is 9.90 Å². The number of nitrogens with zero attached hydrogens (tertiary/aromatic N) is 4. The van der Waals surface area contributed by atoms with E-state index in [-0.39, 0.29) is 7.43 Å². The molecule has 202 valence electrons. The van der Waals surface area contributed by atoms with Crippen LogP contribution < -0.4 is 0 Å². The number of carboxylic acids is 1. The molecule has 0 bridgehead atoms. The molecule has 0 spiro atoms. The Labute approximate surface area is 234 Å². The SMILES string of the molecule is C.CCCc1nc2c(C)cc(-c3nc4ccccc4n3C)cc2n1Cc1ccc(-c2ccccc2C(=O)O)cc1. The molecular formula is C34H34N4O2. The third-order valence-corrected chi connectivity index (χ3v) is 7.41. The highest BCUT2D eigenvalue weighted by Crippen LogP contribution is 2.31. The lowest BCUT2D eigenvalue weighted by Gasteiger charge is -2.12. The topological polar surface area (TPSA) is 72.9 Å². The van der Waals surface area contributed by atoms with Crippen molar-refractivity contribution in [3.63, 3.8) is 0 Å². The van der Waals surface area contributed by atoms with Crippen molar-refractivity contribution < 1.29 is 9.90 Å². The third kappa shape index (κ3) is 4.66. The summed E-state index contributed by atoms with van der Waals surface area (Å²) in [5, 5.41) is 9.60. The highest BCUT2D eigenvalue weighted by atomic mass is 16.4. The number of aromatic nitrogens is 4. The quantitative estimate of drug-likeness (QED) is 0.228. The van der Waals surface area contributed by atoms with Crippen molar-refractivity contribution >= 4 is 28.0 Å². The van der Waals surface area contributed by atoms with E-state index in [1.54, 1.807) is 12.1 Å². The van der Waals surface area contributed by atoms with Gasteiger partial charge in [0.2, 0.25) is 0 Å². The van der Waals surface area contributed by atoms with Crippen LogP contribution in [0.25, 0.3) is 44.6 Å². The van der Waals surface area contributed by atoms with Crippen LogP contribution in [0, 0.1) is 6.92 Å². The zero-order valence-electron chi connectivity index (χ0n) is 22.3. The third-order valence-electron chi connectivity index (χ3n) is 7.41. The number of rotatable bonds is 7. The molecule has 0 aliphatic rings. The molecule has 6 heteroatoms. The fraction of sp³-hybridized carbons (Fsp3) is 0.206. The molecule has 0 radical (unpaired) electrons. The predicted octanol–water partition coefficient (Wildman–Crippen LogP) is 7.90. The molecule has 0 aliphatic heterocycles. The van der Waals surface area contributed by atoms with Crippen LogP contribution in [0.3, 0.4) is 0 Å². The molecule has 4 aromatic carbocycles. The van der Waals surface area contributed by atoms with Gasteiger partial charge in [-0.15, -0.1) is 0 Å². The molecule has 0 unspecified atom stereocenters. The lowest BCUT2D eigenvalue weighted by Crippen LogP contribution is -2.05. The van der Waals surface area contributed by atoms with Gasteiger partial charge < -0.3 is 14.2 Å². The van der Waals surface area contributed by atoms with Gasteiger partial charge in [-0.1, -0.05) is 68.9 Å². The maximum absolute atomic E-state index is 11.7. The summed E-state index contributed by atoms with van der Waals surface area (Å²) in [6.07, 6.45) is 1.89. The second-order valence-electron chi connectivity index (χ2n) is 10.1. The molecule has 0 saturated carbocycles. The Hall–Kier alpha value is -4.71. The molecule has 2 aromatic heterocycles. The molecular weight excluding hydrogens is 496 g/mol. The van der Waals surface area contributed by atoms with Crippen molar-refractivity contribution in [2.75, 3.05) is 0 Å². The number of benzene rings is 4. The molecule has 0 atom stereocenters. The first-order valence-corrected chi connectivity index (χ1v) is 13.3. The monoisotopic (exact) mass is 530 g/mol. The Bertz CT molecular complexity index is 1840. The van der Waals surface area contributed by atoms with E-state index >= 15 is 0 Å². The van der Waals surface area contributed by atoms with Gasteiger partial charge >= 0.3 is 5.97 Å². The molecule has 2 heterocycles. The van der Waals surface area contributed by atoms with Crippen LogP contribution >= 0.6 is 0 Å². The van der Waals surface area contributed by atoms with Crippen LogP contribution in [0.2, 0.25) is 0 Å². The number of carbonyl (C=O) groups is 1. The molecule has 0 amide bonds. The highest BCUT2D eigenvalue weighted by molar-refractivity contribution is 5.96. The Kier molecular flexibility index (Phi) is 7.26. The van der Waals surface area contributed by atoms with E-state index in [0.29, 0.717) is 12.1 Å². The second kappa shape index (κ2) is 10.8. The van der Waals surface area contributed by atoms with Gasteiger partial charge in [0.05, 0.1) is 27.6 Å². The van der Waals surface area contributed by atoms with E-state index in [1.165, 1.54) is 0 Å². The van der Waals surface area contributed by atoms with Crippen LogP contribution in [0.5, 0.6) is 0 Å². The van der Waals surface area contributed by atoms with E-state index < -0.39 is 5.97 Å². The van der Waals surface area contributed by atoms with Gasteiger partial charge in [0.1, 0.15) is 11.6 Å². The number of hydrogen-bond donors (Lipinski definition) is 1. The zero-order valence-corrected chi connectivity index (χ0v) is 22.3. The minimum Gasteiger partial charge on any atom is -0.478 e. The summed E-state index contributed by atoms with van der Waals surface area (Å²) < 4.78 is 4.47. The van der Waals surface area contributed by atoms with E-state index in [4.69, 9.17) is 9.97 Å². The summed E-state index contributed by atoms with van der Waals surface area (Å²) in [6, 6.07) is 27.9. The van der Waals surface area contributed by atoms with Crippen molar-refractivity contribution in [3.05, 3.63) is 107 Å². The normalized spacial score (nSPS) is 11.2. The lowest BCUT2D eigenvalue weighted by molar-refractivity contribution is 0.0697. The van der Waals surface area contributed by atoms with Gasteiger partial charge in [0, 0.05) is 25.6 Å². The largest absolute Gasteiger partial charge is 0.478 e. The standard InChI is InChI=1S/C33H30N4O2.CH4/c1-4-9-30-35-31-21(2)18-24(32-34-27-12-7-8-13-28(27)36(32)3)19-29(31)37(30)20-22-14-16-23(17-15-22)25-10-5-6-11-26(25)33(38)39;/h5-8,10-19H,4,9,20H2,1-3H3,(H,38,39);1H4. The number of carboxylic acid groups (broad SMARTS) is 1. The molecule has 0 saturated heterocycles. The molecule has 6 rings (SSSR count). The van der Waals surface area contributed by atoms with Gasteiger partial charge in [-0.05, 0) is 65.9 Å². The Morgan fingerprint density at radius 3 is 2.33 bits per heavy atom. The number of imidazole rings is 2. The maximum Gasteiger partial charge on any atom is 0.336 e. The Morgan fingerprint density at radius 1 is 0.875 bits per heavy atom. The molecule has 0 aliphatic carbocycles. The van der Waals surface area contributed by atoms with Crippen LogP contribution in [0.4, 0.5) is 0 Å². The van der Waals surface area contributed by atoms with Crippen molar-refractivity contribution in [3.8, 4) is 22.5 Å². The van der Waals surface area contributed by atoms with Gasteiger partial charge in [-0.2, -0.15) is 0 Å². The minimum absolute atomic E-state index is 0. The number of aromatic carboxylic acids is 1. The highest BCUT2D eigenvalue weighted by Gasteiger charge is 2.17. The fourth-order valence-electron chi connectivity index (χ4n) is 5.46. The minimum atomic E-state index is -0.921. The van der Waals surface area contributed by atoms with Crippen molar-refractivity contribution in [1.82, 2.24) is 19.1 Å². The van der Waals surface area contributed by atoms with Crippen molar-refractivity contribution in [2.45, 2.75) is 40.7 Å². The number of hydrogen-bond acceptors (Lipinski definition) is 3. The van der Waals surface area contributed by atoms with Crippen LogP contribution in [0.15, 0.2) is 84.9 Å². The average molecular weight is 531 g/mol. The summed E-state index contributed by atoms with van der Waals surface area (Å²) >= 11 is 0. The first-order chi connectivity index (χ1) is 18.9. The van der Waals surface area contributed by atoms with E-state index in [0.717, 1.165) is 74.4 Å². The van der Waals surface area contributed by atoms with Crippen molar-refractivity contribution in [2.24, 2.45) is 7.05 Å². The zero-order chi connectivity index (χ0) is 27.1. The number of aryl methyl sites for hydroxylation is 3. The number of fused-ring (bicyclic) bond motifs is 2. The van der Waals surface area contributed by atoms with Gasteiger partial charge in [0.15, 0.2) is 0 Å². The molecule has 40 heavy (non-hydrogen) atoms. The first-order valence-electron chi connectivity index (χ1n) is 13.3. The molecule has 1 N–H and O–H groups in total. The summed E-state index contributed by atoms with van der Waals surface area (Å²) in [5.74, 6) is 1.08. The Morgan fingerprint density at radius 2 is 1.60 bits per heavy atom. The van der Waals surface area contributed by atoms with Crippen LogP contribution in [-0.2, 0) is 20.0 Å². The van der Waals surface area contributed by atoms with Crippen molar-refractivity contribution in [1.29, 1.82) is 0 Å². The lowest BCUT2D eigenvalue weighted by atomic mass is 9.98.